The lowest BCUT2D eigenvalue weighted by Crippen LogP contribution is -2.19. The molecule has 0 aliphatic carbocycles. The van der Waals surface area contributed by atoms with Crippen LogP contribution in [0.4, 0.5) is 20.4 Å². The summed E-state index contributed by atoms with van der Waals surface area (Å²) in [6, 6.07) is 12.7. The van der Waals surface area contributed by atoms with Crippen molar-refractivity contribution in [1.29, 1.82) is 5.26 Å². The number of pyridine rings is 2. The third-order valence-corrected chi connectivity index (χ3v) is 4.69. The number of aromatic nitrogens is 5. The quantitative estimate of drug-likeness (QED) is 0.385. The van der Waals surface area contributed by atoms with Crippen molar-refractivity contribution in [3.8, 4) is 28.8 Å². The molecule has 0 fully saturated rings. The fourth-order valence-electron chi connectivity index (χ4n) is 3.00. The van der Waals surface area contributed by atoms with Crippen molar-refractivity contribution >= 4 is 17.2 Å². The molecule has 4 heterocycles. The van der Waals surface area contributed by atoms with Gasteiger partial charge in [-0.1, -0.05) is 0 Å². The highest BCUT2D eigenvalue weighted by Gasteiger charge is 2.20. The Morgan fingerprint density at radius 3 is 2.76 bits per heavy atom. The normalized spacial score (nSPS) is 11.4. The molecule has 174 valence electrons. The zero-order valence-corrected chi connectivity index (χ0v) is 18.4. The lowest BCUT2D eigenvalue weighted by molar-refractivity contribution is 0.0795. The van der Waals surface area contributed by atoms with Crippen molar-refractivity contribution in [2.75, 3.05) is 18.5 Å². The zero-order valence-electron chi connectivity index (χ0n) is 18.4. The second-order valence-electron chi connectivity index (χ2n) is 8.05. The van der Waals surface area contributed by atoms with E-state index < -0.39 is 18.4 Å². The van der Waals surface area contributed by atoms with Crippen LogP contribution >= 0.6 is 0 Å². The molecule has 1 N–H and O–H groups in total. The van der Waals surface area contributed by atoms with Crippen molar-refractivity contribution in [3.63, 3.8) is 0 Å². The smallest absolute Gasteiger partial charge is 0.272 e. The van der Waals surface area contributed by atoms with Gasteiger partial charge in [-0.3, -0.25) is 0 Å². The van der Waals surface area contributed by atoms with Crippen molar-refractivity contribution < 1.29 is 18.3 Å². The van der Waals surface area contributed by atoms with Gasteiger partial charge in [0.1, 0.15) is 12.4 Å². The number of halogens is 2. The van der Waals surface area contributed by atoms with E-state index in [1.165, 1.54) is 12.3 Å². The molecule has 0 amide bonds. The largest absolute Gasteiger partial charge is 0.490 e. The Labute approximate surface area is 194 Å². The average molecular weight is 465 g/mol. The van der Waals surface area contributed by atoms with Crippen molar-refractivity contribution in [2.24, 2.45) is 5.41 Å². The summed E-state index contributed by atoms with van der Waals surface area (Å²) in [5.41, 5.74) is 1.35. The molecule has 34 heavy (non-hydrogen) atoms. The van der Waals surface area contributed by atoms with Gasteiger partial charge in [0.25, 0.3) is 6.43 Å². The summed E-state index contributed by atoms with van der Waals surface area (Å²) in [4.78, 5) is 4.07. The van der Waals surface area contributed by atoms with Gasteiger partial charge in [0.05, 0.1) is 23.2 Å². The molecule has 0 bridgehead atoms. The fourth-order valence-corrected chi connectivity index (χ4v) is 3.00. The number of alkyl halides is 2. The summed E-state index contributed by atoms with van der Waals surface area (Å²) in [6.07, 6.45) is 2.12. The predicted octanol–water partition coefficient (Wildman–Crippen LogP) is 4.50. The monoisotopic (exact) mass is 465 g/mol. The SMILES string of the molecule is CC(C)(C#N)COc1cnc(OCC(F)F)cc1-c1ccn2nc(Nc3cccnn3)cc2c1. The summed E-state index contributed by atoms with van der Waals surface area (Å²) in [5.74, 6) is 1.56. The Morgan fingerprint density at radius 2 is 2.03 bits per heavy atom. The molecule has 0 aliphatic heterocycles. The van der Waals surface area contributed by atoms with Gasteiger partial charge in [0, 0.05) is 30.1 Å². The van der Waals surface area contributed by atoms with Crippen LogP contribution in [-0.2, 0) is 0 Å². The van der Waals surface area contributed by atoms with E-state index in [9.17, 15) is 14.0 Å². The number of ether oxygens (including phenoxy) is 2. The Bertz CT molecular complexity index is 1320. The van der Waals surface area contributed by atoms with Crippen LogP contribution in [0, 0.1) is 16.7 Å². The minimum Gasteiger partial charge on any atom is -0.490 e. The molecule has 4 aromatic heterocycles. The van der Waals surface area contributed by atoms with Crippen molar-refractivity contribution in [1.82, 2.24) is 24.8 Å². The molecule has 0 unspecified atom stereocenters. The molecular weight excluding hydrogens is 444 g/mol. The zero-order chi connectivity index (χ0) is 24.1. The Hall–Kier alpha value is -4.33. The number of nitrogens with zero attached hydrogens (tertiary/aromatic N) is 6. The van der Waals surface area contributed by atoms with Crippen molar-refractivity contribution in [2.45, 2.75) is 20.3 Å². The molecule has 0 saturated carbocycles. The second-order valence-corrected chi connectivity index (χ2v) is 8.05. The number of nitriles is 1. The second kappa shape index (κ2) is 9.66. The summed E-state index contributed by atoms with van der Waals surface area (Å²) in [6.45, 7) is 2.86. The van der Waals surface area contributed by atoms with Crippen LogP contribution in [0.3, 0.4) is 0 Å². The van der Waals surface area contributed by atoms with Crippen LogP contribution in [0.15, 0.2) is 55.0 Å². The molecule has 11 heteroatoms. The van der Waals surface area contributed by atoms with Crippen LogP contribution in [0.25, 0.3) is 16.6 Å². The summed E-state index contributed by atoms with van der Waals surface area (Å²) in [7, 11) is 0. The molecule has 0 aromatic carbocycles. The van der Waals surface area contributed by atoms with Crippen LogP contribution in [0.1, 0.15) is 13.8 Å². The Morgan fingerprint density at radius 1 is 1.18 bits per heavy atom. The summed E-state index contributed by atoms with van der Waals surface area (Å²) >= 11 is 0. The van der Waals surface area contributed by atoms with E-state index in [2.05, 4.69) is 31.7 Å². The van der Waals surface area contributed by atoms with E-state index in [0.717, 1.165) is 11.1 Å². The number of rotatable bonds is 9. The van der Waals surface area contributed by atoms with Gasteiger partial charge in [-0.2, -0.15) is 15.5 Å². The topological polar surface area (TPSA) is 110 Å². The molecule has 0 spiro atoms. The number of fused-ring (bicyclic) bond motifs is 1. The fraction of sp³-hybridized carbons (Fsp3) is 0.261. The molecule has 0 aliphatic rings. The first-order valence-corrected chi connectivity index (χ1v) is 10.3. The van der Waals surface area contributed by atoms with E-state index in [-0.39, 0.29) is 12.5 Å². The summed E-state index contributed by atoms with van der Waals surface area (Å²) in [5, 5.41) is 24.6. The average Bonchev–Trinajstić information content (AvgIpc) is 3.23. The number of nitrogens with one attached hydrogen (secondary N) is 1. The highest BCUT2D eigenvalue weighted by molar-refractivity contribution is 5.75. The number of hydrogen-bond donors (Lipinski definition) is 1. The molecule has 4 rings (SSSR count). The van der Waals surface area contributed by atoms with E-state index in [4.69, 9.17) is 9.47 Å². The van der Waals surface area contributed by atoms with E-state index in [0.29, 0.717) is 22.9 Å². The van der Waals surface area contributed by atoms with Crippen LogP contribution < -0.4 is 14.8 Å². The maximum absolute atomic E-state index is 12.6. The molecule has 0 atom stereocenters. The van der Waals surface area contributed by atoms with Gasteiger partial charge in [-0.15, -0.1) is 5.10 Å². The van der Waals surface area contributed by atoms with E-state index in [1.54, 1.807) is 49.0 Å². The Balaban J connectivity index is 1.67. The highest BCUT2D eigenvalue weighted by Crippen LogP contribution is 2.34. The Kier molecular flexibility index (Phi) is 6.49. The van der Waals surface area contributed by atoms with E-state index >= 15 is 0 Å². The van der Waals surface area contributed by atoms with Crippen LogP contribution in [-0.4, -0.2) is 44.4 Å². The predicted molar refractivity (Wildman–Crippen MR) is 120 cm³/mol. The third-order valence-electron chi connectivity index (χ3n) is 4.69. The number of hydrogen-bond acceptors (Lipinski definition) is 8. The minimum atomic E-state index is -2.62. The minimum absolute atomic E-state index is 0.0422. The molecular formula is C23H21F2N7O2. The maximum atomic E-state index is 12.6. The van der Waals surface area contributed by atoms with Gasteiger partial charge in [0.2, 0.25) is 5.88 Å². The number of anilines is 2. The summed E-state index contributed by atoms with van der Waals surface area (Å²) < 4.78 is 37.9. The first kappa shape index (κ1) is 22.8. The van der Waals surface area contributed by atoms with Crippen molar-refractivity contribution in [3.05, 3.63) is 55.0 Å². The molecule has 0 saturated heterocycles. The third kappa shape index (κ3) is 5.53. The van der Waals surface area contributed by atoms with Gasteiger partial charge >= 0.3 is 0 Å². The van der Waals surface area contributed by atoms with Crippen LogP contribution in [0.2, 0.25) is 0 Å². The lowest BCUT2D eigenvalue weighted by Gasteiger charge is -2.18. The maximum Gasteiger partial charge on any atom is 0.272 e. The molecule has 9 nitrogen and oxygen atoms in total. The standard InChI is InChI=1S/C23H21F2N7O2/c1-23(2,13-26)14-34-18-11-27-22(33-12-19(24)25)10-17(18)15-5-7-32-16(8-15)9-21(31-32)29-20-4-3-6-28-30-20/h3-11,19H,12,14H2,1-2H3,(H,29,30,31). The van der Waals surface area contributed by atoms with Gasteiger partial charge in [-0.05, 0) is 43.7 Å². The first-order chi connectivity index (χ1) is 16.3. The first-order valence-electron chi connectivity index (χ1n) is 10.3. The highest BCUT2D eigenvalue weighted by atomic mass is 19.3. The van der Waals surface area contributed by atoms with E-state index in [1.807, 2.05) is 12.1 Å². The molecule has 0 radical (unpaired) electrons. The lowest BCUT2D eigenvalue weighted by atomic mass is 9.97. The van der Waals surface area contributed by atoms with Gasteiger partial charge in [0.15, 0.2) is 18.2 Å². The van der Waals surface area contributed by atoms with Gasteiger partial charge in [-0.25, -0.2) is 18.3 Å². The van der Waals surface area contributed by atoms with Gasteiger partial charge < -0.3 is 14.8 Å². The van der Waals surface area contributed by atoms with Crippen LogP contribution in [0.5, 0.6) is 11.6 Å². The molecule has 4 aromatic rings.